The summed E-state index contributed by atoms with van der Waals surface area (Å²) in [5.74, 6) is 0.578. The number of aliphatic hydroxyl groups is 1. The monoisotopic (exact) mass is 556 g/mol. The van der Waals surface area contributed by atoms with Gasteiger partial charge in [0.15, 0.2) is 5.65 Å². The third kappa shape index (κ3) is 5.10. The topological polar surface area (TPSA) is 146 Å². The molecule has 0 bridgehead atoms. The molecule has 3 aromatic rings. The number of halogens is 2. The summed E-state index contributed by atoms with van der Waals surface area (Å²) < 4.78 is 2.02. The number of nitrogens with zero attached hydrogens (tertiary/aromatic N) is 6. The van der Waals surface area contributed by atoms with Gasteiger partial charge in [-0.1, -0.05) is 36.0 Å². The largest absolute Gasteiger partial charge is 0.391 e. The molecule has 2 aliphatic carbocycles. The molecule has 0 aliphatic heterocycles. The van der Waals surface area contributed by atoms with Crippen LogP contribution in [0.1, 0.15) is 63.0 Å². The highest BCUT2D eigenvalue weighted by molar-refractivity contribution is 6.39. The molecule has 5 rings (SSSR count). The van der Waals surface area contributed by atoms with Crippen LogP contribution >= 0.6 is 23.2 Å². The van der Waals surface area contributed by atoms with Crippen molar-refractivity contribution in [2.24, 2.45) is 11.7 Å². The predicted molar refractivity (Wildman–Crippen MR) is 147 cm³/mol. The van der Waals surface area contributed by atoms with Crippen molar-refractivity contribution in [3.63, 3.8) is 0 Å². The summed E-state index contributed by atoms with van der Waals surface area (Å²) in [5.41, 5.74) is 7.59. The lowest BCUT2D eigenvalue weighted by Crippen LogP contribution is -2.44. The van der Waals surface area contributed by atoms with Crippen LogP contribution in [0.5, 0.6) is 0 Å². The van der Waals surface area contributed by atoms with Crippen molar-refractivity contribution in [3.05, 3.63) is 33.9 Å². The van der Waals surface area contributed by atoms with Crippen molar-refractivity contribution in [1.82, 2.24) is 19.5 Å². The predicted octanol–water partition coefficient (Wildman–Crippen LogP) is 4.70. The molecule has 0 saturated heterocycles. The Morgan fingerprint density at radius 2 is 1.84 bits per heavy atom. The molecule has 2 aliphatic rings. The number of aromatic nitrogens is 4. The SMILES string of the molecule is CN(c1ncc2nc(Nc3c(Cl)cc(C#N)cc3Cl)n(C3CCC(C(N)=O)CC3)c2n1)[C@H]1CCCC[C@H]1O. The molecule has 2 aromatic heterocycles. The molecule has 200 valence electrons. The number of hydrogen-bond donors (Lipinski definition) is 3. The summed E-state index contributed by atoms with van der Waals surface area (Å²) in [6, 6.07) is 5.08. The van der Waals surface area contributed by atoms with Crippen LogP contribution in [0.25, 0.3) is 11.2 Å². The number of amides is 1. The van der Waals surface area contributed by atoms with E-state index in [9.17, 15) is 15.2 Å². The van der Waals surface area contributed by atoms with Gasteiger partial charge in [0.1, 0.15) is 5.52 Å². The molecule has 0 radical (unpaired) electrons. The number of rotatable bonds is 6. The molecule has 2 fully saturated rings. The summed E-state index contributed by atoms with van der Waals surface area (Å²) >= 11 is 13.0. The molecule has 2 heterocycles. The number of carbonyl (C=O) groups excluding carboxylic acids is 1. The number of aliphatic hydroxyl groups excluding tert-OH is 1. The maximum Gasteiger partial charge on any atom is 0.227 e. The molecule has 4 N–H and O–H groups in total. The standard InChI is InChI=1S/C26H30Cl2N8O2/c1-35(20-4-2-3-5-21(20)37)25-31-13-19-24(34-25)36(16-8-6-15(7-9-16)23(30)38)26(32-19)33-22-17(27)10-14(12-29)11-18(22)28/h10-11,13,15-16,20-21,37H,2-9H2,1H3,(H2,30,38)(H,32,33)/t15?,16?,20-,21+/m0/s1. The van der Waals surface area contributed by atoms with Gasteiger partial charge in [-0.15, -0.1) is 0 Å². The van der Waals surface area contributed by atoms with Crippen molar-refractivity contribution in [3.8, 4) is 6.07 Å². The molecule has 2 atom stereocenters. The van der Waals surface area contributed by atoms with E-state index in [1.54, 1.807) is 18.3 Å². The molecule has 12 heteroatoms. The molecular formula is C26H30Cl2N8O2. The zero-order valence-corrected chi connectivity index (χ0v) is 22.6. The van der Waals surface area contributed by atoms with E-state index >= 15 is 0 Å². The highest BCUT2D eigenvalue weighted by atomic mass is 35.5. The quantitative estimate of drug-likeness (QED) is 0.395. The number of nitrogens with one attached hydrogen (secondary N) is 1. The first-order valence-corrected chi connectivity index (χ1v) is 13.6. The van der Waals surface area contributed by atoms with Crippen LogP contribution in [0.4, 0.5) is 17.6 Å². The lowest BCUT2D eigenvalue weighted by Gasteiger charge is -2.35. The molecule has 10 nitrogen and oxygen atoms in total. The number of nitrogens with two attached hydrogens (primary N) is 1. The molecule has 0 unspecified atom stereocenters. The number of hydrogen-bond acceptors (Lipinski definition) is 8. The summed E-state index contributed by atoms with van der Waals surface area (Å²) in [6.07, 6.45) is 7.74. The Hall–Kier alpha value is -3.13. The number of carbonyl (C=O) groups is 1. The number of benzene rings is 1. The summed E-state index contributed by atoms with van der Waals surface area (Å²) in [6.45, 7) is 0. The fraction of sp³-hybridized carbons (Fsp3) is 0.500. The number of fused-ring (bicyclic) bond motifs is 1. The Labute approximate surface area is 230 Å². The number of likely N-dealkylation sites (N-methyl/N-ethyl adjacent to an activating group) is 1. The van der Waals surface area contributed by atoms with Gasteiger partial charge in [-0.25, -0.2) is 9.97 Å². The van der Waals surface area contributed by atoms with Crippen molar-refractivity contribution in [2.45, 2.75) is 69.6 Å². The molecule has 1 amide bonds. The van der Waals surface area contributed by atoms with Gasteiger partial charge in [-0.2, -0.15) is 10.2 Å². The fourth-order valence-corrected chi connectivity index (χ4v) is 6.25. The third-order valence-electron chi connectivity index (χ3n) is 7.80. The van der Waals surface area contributed by atoms with E-state index in [1.807, 2.05) is 22.6 Å². The summed E-state index contributed by atoms with van der Waals surface area (Å²) in [4.78, 5) is 28.0. The third-order valence-corrected chi connectivity index (χ3v) is 8.40. The molecule has 1 aromatic carbocycles. The highest BCUT2D eigenvalue weighted by Crippen LogP contribution is 2.39. The van der Waals surface area contributed by atoms with Crippen molar-refractivity contribution in [1.29, 1.82) is 5.26 Å². The van der Waals surface area contributed by atoms with E-state index in [0.717, 1.165) is 38.5 Å². The number of nitriles is 1. The van der Waals surface area contributed by atoms with E-state index in [0.29, 0.717) is 57.2 Å². The van der Waals surface area contributed by atoms with E-state index in [-0.39, 0.29) is 23.9 Å². The minimum Gasteiger partial charge on any atom is -0.391 e. The average Bonchev–Trinajstić information content (AvgIpc) is 3.27. The maximum absolute atomic E-state index is 11.8. The van der Waals surface area contributed by atoms with Gasteiger partial charge in [0.05, 0.1) is 45.7 Å². The van der Waals surface area contributed by atoms with Crippen LogP contribution in [0, 0.1) is 17.2 Å². The van der Waals surface area contributed by atoms with E-state index in [1.165, 1.54) is 0 Å². The van der Waals surface area contributed by atoms with Crippen LogP contribution in [-0.4, -0.2) is 49.7 Å². The van der Waals surface area contributed by atoms with Crippen LogP contribution < -0.4 is 16.0 Å². The van der Waals surface area contributed by atoms with Gasteiger partial charge in [0, 0.05) is 19.0 Å². The minimum absolute atomic E-state index is 0.00218. The lowest BCUT2D eigenvalue weighted by molar-refractivity contribution is -0.122. The van der Waals surface area contributed by atoms with Gasteiger partial charge >= 0.3 is 0 Å². The molecule has 38 heavy (non-hydrogen) atoms. The van der Waals surface area contributed by atoms with Gasteiger partial charge in [0.2, 0.25) is 17.8 Å². The zero-order valence-electron chi connectivity index (χ0n) is 21.1. The highest BCUT2D eigenvalue weighted by Gasteiger charge is 2.31. The van der Waals surface area contributed by atoms with Gasteiger partial charge in [-0.3, -0.25) is 9.36 Å². The second-order valence-corrected chi connectivity index (χ2v) is 11.0. The summed E-state index contributed by atoms with van der Waals surface area (Å²) in [5, 5.41) is 23.7. The zero-order chi connectivity index (χ0) is 27.0. The Kier molecular flexibility index (Phi) is 7.61. The van der Waals surface area contributed by atoms with Crippen molar-refractivity contribution >= 4 is 57.9 Å². The molecular weight excluding hydrogens is 527 g/mol. The van der Waals surface area contributed by atoms with Gasteiger partial charge in [0.25, 0.3) is 0 Å². The second-order valence-electron chi connectivity index (χ2n) is 10.2. The van der Waals surface area contributed by atoms with Gasteiger partial charge < -0.3 is 21.1 Å². The first-order valence-electron chi connectivity index (χ1n) is 12.9. The van der Waals surface area contributed by atoms with Crippen LogP contribution in [-0.2, 0) is 4.79 Å². The van der Waals surface area contributed by atoms with Gasteiger partial charge in [-0.05, 0) is 50.7 Å². The van der Waals surface area contributed by atoms with E-state index < -0.39 is 6.10 Å². The molecule has 2 saturated carbocycles. The number of primary amides is 1. The van der Waals surface area contributed by atoms with Crippen molar-refractivity contribution in [2.75, 3.05) is 17.3 Å². The lowest BCUT2D eigenvalue weighted by atomic mass is 9.85. The number of anilines is 3. The van der Waals surface area contributed by atoms with Crippen LogP contribution in [0.2, 0.25) is 10.0 Å². The Bertz CT molecular complexity index is 1370. The van der Waals surface area contributed by atoms with Crippen LogP contribution in [0.15, 0.2) is 18.3 Å². The Balaban J connectivity index is 1.56. The molecule has 0 spiro atoms. The van der Waals surface area contributed by atoms with Crippen molar-refractivity contribution < 1.29 is 9.90 Å². The fourth-order valence-electron chi connectivity index (χ4n) is 5.67. The van der Waals surface area contributed by atoms with Crippen LogP contribution in [0.3, 0.4) is 0 Å². The maximum atomic E-state index is 11.8. The smallest absolute Gasteiger partial charge is 0.227 e. The Morgan fingerprint density at radius 1 is 1.16 bits per heavy atom. The normalized spacial score (nSPS) is 23.7. The van der Waals surface area contributed by atoms with E-state index in [2.05, 4.69) is 10.3 Å². The Morgan fingerprint density at radius 3 is 2.47 bits per heavy atom. The first kappa shape index (κ1) is 26.5. The second kappa shape index (κ2) is 10.9. The first-order chi connectivity index (χ1) is 18.3. The minimum atomic E-state index is -0.431. The average molecular weight is 557 g/mol. The summed E-state index contributed by atoms with van der Waals surface area (Å²) in [7, 11) is 1.91. The number of imidazole rings is 1. The van der Waals surface area contributed by atoms with E-state index in [4.69, 9.17) is 38.9 Å².